The fraction of sp³-hybridized carbons (Fsp3) is 0.733. The average Bonchev–Trinajstić information content (AvgIpc) is 2.92. The molecule has 102 valence electrons. The molecule has 1 aromatic rings. The van der Waals surface area contributed by atoms with Gasteiger partial charge >= 0.3 is 0 Å². The second-order valence-electron chi connectivity index (χ2n) is 5.71. The van der Waals surface area contributed by atoms with Crippen LogP contribution in [-0.4, -0.2) is 31.6 Å². The zero-order chi connectivity index (χ0) is 13.0. The van der Waals surface area contributed by atoms with Gasteiger partial charge in [0.1, 0.15) is 0 Å². The van der Waals surface area contributed by atoms with Crippen molar-refractivity contribution in [2.75, 3.05) is 26.7 Å². The molecule has 2 heterocycles. The monoisotopic (exact) mass is 266 g/mol. The number of thiophene rings is 1. The minimum Gasteiger partial charge on any atom is -0.317 e. The van der Waals surface area contributed by atoms with Gasteiger partial charge in [0.2, 0.25) is 0 Å². The molecule has 1 saturated heterocycles. The molecule has 0 aromatic carbocycles. The molecule has 2 rings (SSSR count). The summed E-state index contributed by atoms with van der Waals surface area (Å²) in [6.45, 7) is 8.29. The number of nitrogens with zero attached hydrogens (tertiary/aromatic N) is 1. The third kappa shape index (κ3) is 3.14. The number of nitrogens with one attached hydrogen (secondary N) is 1. The van der Waals surface area contributed by atoms with Crippen molar-refractivity contribution in [3.63, 3.8) is 0 Å². The molecule has 1 aromatic heterocycles. The Morgan fingerprint density at radius 3 is 2.72 bits per heavy atom. The van der Waals surface area contributed by atoms with Crippen LogP contribution in [0, 0.1) is 5.41 Å². The Kier molecular flexibility index (Phi) is 4.82. The number of rotatable bonds is 5. The second-order valence-corrected chi connectivity index (χ2v) is 6.69. The molecule has 1 atom stereocenters. The van der Waals surface area contributed by atoms with Crippen LogP contribution in [0.25, 0.3) is 0 Å². The minimum absolute atomic E-state index is 0.533. The smallest absolute Gasteiger partial charge is 0.0410 e. The van der Waals surface area contributed by atoms with E-state index in [2.05, 4.69) is 48.6 Å². The van der Waals surface area contributed by atoms with Gasteiger partial charge in [-0.3, -0.25) is 4.90 Å². The second kappa shape index (κ2) is 6.18. The van der Waals surface area contributed by atoms with Gasteiger partial charge in [-0.2, -0.15) is 0 Å². The van der Waals surface area contributed by atoms with Gasteiger partial charge in [0.15, 0.2) is 0 Å². The van der Waals surface area contributed by atoms with Gasteiger partial charge in [-0.05, 0) is 63.2 Å². The summed E-state index contributed by atoms with van der Waals surface area (Å²) < 4.78 is 0. The zero-order valence-corrected chi connectivity index (χ0v) is 12.7. The highest BCUT2D eigenvalue weighted by molar-refractivity contribution is 7.10. The van der Waals surface area contributed by atoms with Gasteiger partial charge in [-0.15, -0.1) is 11.3 Å². The molecule has 3 heteroatoms. The van der Waals surface area contributed by atoms with Crippen LogP contribution < -0.4 is 5.32 Å². The van der Waals surface area contributed by atoms with Crippen molar-refractivity contribution in [3.8, 4) is 0 Å². The Labute approximate surface area is 115 Å². The molecule has 2 nitrogen and oxygen atoms in total. The summed E-state index contributed by atoms with van der Waals surface area (Å²) in [6.07, 6.45) is 3.95. The normalized spacial score (nSPS) is 21.1. The first-order chi connectivity index (χ1) is 8.67. The van der Waals surface area contributed by atoms with Crippen molar-refractivity contribution in [2.45, 2.75) is 39.2 Å². The van der Waals surface area contributed by atoms with E-state index in [9.17, 15) is 0 Å². The van der Waals surface area contributed by atoms with Crippen LogP contribution in [0.4, 0.5) is 0 Å². The van der Waals surface area contributed by atoms with Gasteiger partial charge in [-0.25, -0.2) is 0 Å². The summed E-state index contributed by atoms with van der Waals surface area (Å²) in [5.41, 5.74) is 0.533. The van der Waals surface area contributed by atoms with Crippen LogP contribution in [0.3, 0.4) is 0 Å². The first-order valence-electron chi connectivity index (χ1n) is 7.11. The van der Waals surface area contributed by atoms with Crippen LogP contribution in [0.5, 0.6) is 0 Å². The Morgan fingerprint density at radius 2 is 2.17 bits per heavy atom. The lowest BCUT2D eigenvalue weighted by atomic mass is 9.76. The molecule has 0 amide bonds. The molecule has 0 spiro atoms. The van der Waals surface area contributed by atoms with E-state index in [0.29, 0.717) is 11.5 Å². The molecular formula is C15H26N2S. The van der Waals surface area contributed by atoms with E-state index in [-0.39, 0.29) is 0 Å². The van der Waals surface area contributed by atoms with Gasteiger partial charge in [0, 0.05) is 17.5 Å². The maximum atomic E-state index is 3.49. The molecule has 0 aliphatic carbocycles. The molecule has 18 heavy (non-hydrogen) atoms. The Hall–Kier alpha value is -0.380. The minimum atomic E-state index is 0.533. The van der Waals surface area contributed by atoms with E-state index in [4.69, 9.17) is 0 Å². The third-order valence-electron chi connectivity index (χ3n) is 4.62. The summed E-state index contributed by atoms with van der Waals surface area (Å²) in [4.78, 5) is 4.03. The van der Waals surface area contributed by atoms with Crippen LogP contribution in [0.1, 0.15) is 44.0 Å². The number of hydrogen-bond acceptors (Lipinski definition) is 3. The topological polar surface area (TPSA) is 15.3 Å². The van der Waals surface area contributed by atoms with Crippen LogP contribution >= 0.6 is 11.3 Å². The maximum Gasteiger partial charge on any atom is 0.0410 e. The standard InChI is InChI=1S/C15H26N2S/c1-4-15(7-9-16-10-8-15)12-17(3)13(2)14-6-5-11-18-14/h5-6,11,13,16H,4,7-10,12H2,1-3H3. The van der Waals surface area contributed by atoms with Gasteiger partial charge in [0.25, 0.3) is 0 Å². The highest BCUT2D eigenvalue weighted by atomic mass is 32.1. The molecule has 1 aliphatic heterocycles. The maximum absolute atomic E-state index is 3.49. The van der Waals surface area contributed by atoms with Crippen LogP contribution in [0.15, 0.2) is 17.5 Å². The number of piperidine rings is 1. The van der Waals surface area contributed by atoms with Crippen molar-refractivity contribution in [1.29, 1.82) is 0 Å². The highest BCUT2D eigenvalue weighted by Crippen LogP contribution is 2.35. The zero-order valence-electron chi connectivity index (χ0n) is 11.9. The fourth-order valence-corrected chi connectivity index (χ4v) is 3.84. The van der Waals surface area contributed by atoms with Crippen molar-refractivity contribution >= 4 is 11.3 Å². The summed E-state index contributed by atoms with van der Waals surface area (Å²) in [6, 6.07) is 4.96. The van der Waals surface area contributed by atoms with E-state index in [1.165, 1.54) is 43.8 Å². The fourth-order valence-electron chi connectivity index (χ4n) is 2.99. The van der Waals surface area contributed by atoms with Gasteiger partial charge in [-0.1, -0.05) is 13.0 Å². The van der Waals surface area contributed by atoms with Crippen molar-refractivity contribution in [1.82, 2.24) is 10.2 Å². The lowest BCUT2D eigenvalue weighted by molar-refractivity contribution is 0.102. The highest BCUT2D eigenvalue weighted by Gasteiger charge is 2.32. The van der Waals surface area contributed by atoms with E-state index < -0.39 is 0 Å². The molecule has 1 N–H and O–H groups in total. The third-order valence-corrected chi connectivity index (χ3v) is 5.66. The predicted octanol–water partition coefficient (Wildman–Crippen LogP) is 3.52. The van der Waals surface area contributed by atoms with Crippen molar-refractivity contribution < 1.29 is 0 Å². The first-order valence-corrected chi connectivity index (χ1v) is 7.99. The predicted molar refractivity (Wildman–Crippen MR) is 80.2 cm³/mol. The molecule has 0 saturated carbocycles. The van der Waals surface area contributed by atoms with E-state index in [0.717, 1.165) is 0 Å². The molecule has 1 aliphatic rings. The lowest BCUT2D eigenvalue weighted by Gasteiger charge is -2.41. The molecule has 1 unspecified atom stereocenters. The van der Waals surface area contributed by atoms with Gasteiger partial charge < -0.3 is 5.32 Å². The Balaban J connectivity index is 1.98. The first kappa shape index (κ1) is 14.0. The van der Waals surface area contributed by atoms with Crippen molar-refractivity contribution in [2.24, 2.45) is 5.41 Å². The molecule has 0 bridgehead atoms. The molecular weight excluding hydrogens is 240 g/mol. The summed E-state index contributed by atoms with van der Waals surface area (Å²) in [5.74, 6) is 0. The summed E-state index contributed by atoms with van der Waals surface area (Å²) in [5, 5.41) is 5.67. The van der Waals surface area contributed by atoms with Crippen LogP contribution in [-0.2, 0) is 0 Å². The molecule has 0 radical (unpaired) electrons. The van der Waals surface area contributed by atoms with E-state index >= 15 is 0 Å². The molecule has 1 fully saturated rings. The van der Waals surface area contributed by atoms with E-state index in [1.807, 2.05) is 11.3 Å². The average molecular weight is 266 g/mol. The quantitative estimate of drug-likeness (QED) is 0.877. The largest absolute Gasteiger partial charge is 0.317 e. The SMILES string of the molecule is CCC1(CN(C)C(C)c2cccs2)CCNCC1. The Morgan fingerprint density at radius 1 is 1.44 bits per heavy atom. The number of hydrogen-bond donors (Lipinski definition) is 1. The van der Waals surface area contributed by atoms with Crippen LogP contribution in [0.2, 0.25) is 0 Å². The summed E-state index contributed by atoms with van der Waals surface area (Å²) >= 11 is 1.87. The lowest BCUT2D eigenvalue weighted by Crippen LogP contribution is -2.43. The Bertz CT molecular complexity index is 341. The summed E-state index contributed by atoms with van der Waals surface area (Å²) in [7, 11) is 2.28. The van der Waals surface area contributed by atoms with E-state index in [1.54, 1.807) is 0 Å². The van der Waals surface area contributed by atoms with Crippen molar-refractivity contribution in [3.05, 3.63) is 22.4 Å². The van der Waals surface area contributed by atoms with Gasteiger partial charge in [0.05, 0.1) is 0 Å².